The Hall–Kier alpha value is -1.39. The summed E-state index contributed by atoms with van der Waals surface area (Å²) in [4.78, 5) is 15.1. The molecule has 2 fully saturated rings. The van der Waals surface area contributed by atoms with Gasteiger partial charge in [0.2, 0.25) is 5.91 Å². The highest BCUT2D eigenvalue weighted by Gasteiger charge is 2.35. The fraction of sp³-hybridized carbons (Fsp3) is 0.682. The average molecular weight is 358 g/mol. The van der Waals surface area contributed by atoms with E-state index < -0.39 is 6.04 Å². The van der Waals surface area contributed by atoms with Crippen LogP contribution >= 0.6 is 0 Å². The van der Waals surface area contributed by atoms with E-state index in [4.69, 9.17) is 5.73 Å². The van der Waals surface area contributed by atoms with Gasteiger partial charge in [-0.1, -0.05) is 44.2 Å². The molecule has 144 valence electrons. The number of nitrogens with zero attached hydrogens (tertiary/aromatic N) is 1. The van der Waals surface area contributed by atoms with Gasteiger partial charge in [-0.2, -0.15) is 0 Å². The smallest absolute Gasteiger partial charge is 0.241 e. The summed E-state index contributed by atoms with van der Waals surface area (Å²) in [6.45, 7) is 8.62. The van der Waals surface area contributed by atoms with Crippen molar-refractivity contribution in [3.63, 3.8) is 0 Å². The molecule has 0 radical (unpaired) electrons. The van der Waals surface area contributed by atoms with Crippen LogP contribution in [-0.4, -0.2) is 36.5 Å². The minimum atomic E-state index is -0.569. The van der Waals surface area contributed by atoms with Crippen molar-refractivity contribution in [2.45, 2.75) is 64.5 Å². The predicted molar refractivity (Wildman–Crippen MR) is 107 cm³/mol. The normalized spacial score (nSPS) is 25.8. The van der Waals surface area contributed by atoms with Crippen LogP contribution in [0.2, 0.25) is 0 Å². The zero-order chi connectivity index (χ0) is 18.6. The van der Waals surface area contributed by atoms with Crippen molar-refractivity contribution in [3.8, 4) is 0 Å². The molecule has 1 saturated heterocycles. The van der Waals surface area contributed by atoms with Crippen LogP contribution in [0.5, 0.6) is 0 Å². The van der Waals surface area contributed by atoms with Gasteiger partial charge in [0, 0.05) is 12.6 Å². The molecule has 4 heteroatoms. The van der Waals surface area contributed by atoms with E-state index in [-0.39, 0.29) is 11.9 Å². The summed E-state index contributed by atoms with van der Waals surface area (Å²) in [7, 11) is 0. The Balaban J connectivity index is 1.46. The van der Waals surface area contributed by atoms with Gasteiger partial charge in [0.15, 0.2) is 0 Å². The van der Waals surface area contributed by atoms with Crippen LogP contribution in [-0.2, 0) is 4.79 Å². The van der Waals surface area contributed by atoms with Crippen molar-refractivity contribution < 1.29 is 4.79 Å². The first-order chi connectivity index (χ1) is 12.5. The summed E-state index contributed by atoms with van der Waals surface area (Å²) in [5, 5.41) is 3.19. The van der Waals surface area contributed by atoms with Crippen molar-refractivity contribution in [2.75, 3.05) is 19.6 Å². The first-order valence-electron chi connectivity index (χ1n) is 10.3. The molecule has 1 aromatic rings. The Kier molecular flexibility index (Phi) is 6.36. The van der Waals surface area contributed by atoms with E-state index in [0.717, 1.165) is 24.3 Å². The van der Waals surface area contributed by atoms with Gasteiger partial charge >= 0.3 is 0 Å². The second kappa shape index (κ2) is 8.53. The molecule has 1 heterocycles. The number of benzene rings is 1. The number of hydrogen-bond acceptors (Lipinski definition) is 3. The number of hydrogen-bond donors (Lipinski definition) is 2. The van der Waals surface area contributed by atoms with E-state index in [1.807, 2.05) is 30.3 Å². The first-order valence-corrected chi connectivity index (χ1v) is 10.3. The maximum Gasteiger partial charge on any atom is 0.241 e. The lowest BCUT2D eigenvalue weighted by atomic mass is 9.70. The molecule has 1 aliphatic carbocycles. The van der Waals surface area contributed by atoms with Gasteiger partial charge in [-0.15, -0.1) is 0 Å². The predicted octanol–water partition coefficient (Wildman–Crippen LogP) is 3.48. The molecule has 26 heavy (non-hydrogen) atoms. The number of nitrogens with two attached hydrogens (primary N) is 1. The Bertz CT molecular complexity index is 572. The number of nitrogens with one attached hydrogen (secondary N) is 1. The van der Waals surface area contributed by atoms with Crippen LogP contribution in [0.4, 0.5) is 0 Å². The molecule has 1 aliphatic heterocycles. The second-order valence-electron chi connectivity index (χ2n) is 8.92. The van der Waals surface area contributed by atoms with Crippen LogP contribution in [0, 0.1) is 11.3 Å². The number of likely N-dealkylation sites (tertiary alicyclic amines) is 1. The van der Waals surface area contributed by atoms with Crippen molar-refractivity contribution >= 4 is 5.91 Å². The fourth-order valence-corrected chi connectivity index (χ4v) is 4.77. The van der Waals surface area contributed by atoms with E-state index >= 15 is 0 Å². The zero-order valence-electron chi connectivity index (χ0n) is 16.4. The maximum absolute atomic E-state index is 12.5. The molecule has 1 amide bonds. The summed E-state index contributed by atoms with van der Waals surface area (Å²) < 4.78 is 0. The molecule has 4 nitrogen and oxygen atoms in total. The van der Waals surface area contributed by atoms with Crippen LogP contribution in [0.25, 0.3) is 0 Å². The molecule has 1 aromatic carbocycles. The number of rotatable bonds is 6. The molecule has 3 rings (SSSR count). The van der Waals surface area contributed by atoms with E-state index in [1.165, 1.54) is 45.3 Å². The number of carbonyl (C=O) groups excluding carboxylic acids is 1. The Labute approximate surface area is 158 Å². The molecular weight excluding hydrogens is 322 g/mol. The summed E-state index contributed by atoms with van der Waals surface area (Å²) in [5.41, 5.74) is 7.37. The van der Waals surface area contributed by atoms with Crippen molar-refractivity contribution in [3.05, 3.63) is 35.9 Å². The third-order valence-electron chi connectivity index (χ3n) is 6.45. The van der Waals surface area contributed by atoms with Gasteiger partial charge in [-0.3, -0.25) is 4.79 Å². The molecule has 0 spiro atoms. The van der Waals surface area contributed by atoms with Crippen LogP contribution in [0.3, 0.4) is 0 Å². The van der Waals surface area contributed by atoms with Gasteiger partial charge in [-0.05, 0) is 68.5 Å². The highest BCUT2D eigenvalue weighted by molar-refractivity contribution is 5.83. The van der Waals surface area contributed by atoms with Crippen LogP contribution < -0.4 is 11.1 Å². The lowest BCUT2D eigenvalue weighted by Crippen LogP contribution is -2.45. The zero-order valence-corrected chi connectivity index (χ0v) is 16.4. The van der Waals surface area contributed by atoms with E-state index in [2.05, 4.69) is 24.1 Å². The molecule has 1 atom stereocenters. The maximum atomic E-state index is 12.5. The van der Waals surface area contributed by atoms with Crippen LogP contribution in [0.15, 0.2) is 30.3 Å². The standard InChI is InChI=1S/C22H35N3O/c1-22(2,16-25-14-6-7-15-25)18-10-12-19(13-11-18)24-21(26)20(23)17-8-4-3-5-9-17/h3-5,8-9,18-20H,6-7,10-16,23H2,1-2H3,(H,24,26). The lowest BCUT2D eigenvalue weighted by molar-refractivity contribution is -0.123. The van der Waals surface area contributed by atoms with Gasteiger partial charge < -0.3 is 16.0 Å². The third kappa shape index (κ3) is 4.86. The monoisotopic (exact) mass is 357 g/mol. The van der Waals surface area contributed by atoms with Crippen LogP contribution in [0.1, 0.15) is 64.0 Å². The Morgan fingerprint density at radius 1 is 1.15 bits per heavy atom. The van der Waals surface area contributed by atoms with Crippen molar-refractivity contribution in [2.24, 2.45) is 17.1 Å². The molecular formula is C22H35N3O. The fourth-order valence-electron chi connectivity index (χ4n) is 4.77. The lowest BCUT2D eigenvalue weighted by Gasteiger charge is -2.41. The summed E-state index contributed by atoms with van der Waals surface area (Å²) in [6.07, 6.45) is 7.26. The van der Waals surface area contributed by atoms with Crippen molar-refractivity contribution in [1.29, 1.82) is 0 Å². The van der Waals surface area contributed by atoms with E-state index in [1.54, 1.807) is 0 Å². The topological polar surface area (TPSA) is 58.4 Å². The number of amides is 1. The van der Waals surface area contributed by atoms with Crippen molar-refractivity contribution in [1.82, 2.24) is 10.2 Å². The molecule has 0 aromatic heterocycles. The second-order valence-corrected chi connectivity index (χ2v) is 8.92. The minimum absolute atomic E-state index is 0.0454. The average Bonchev–Trinajstić information content (AvgIpc) is 3.14. The van der Waals surface area contributed by atoms with Gasteiger partial charge in [0.1, 0.15) is 6.04 Å². The molecule has 1 unspecified atom stereocenters. The summed E-state index contributed by atoms with van der Waals surface area (Å²) >= 11 is 0. The minimum Gasteiger partial charge on any atom is -0.352 e. The number of carbonyl (C=O) groups is 1. The largest absolute Gasteiger partial charge is 0.352 e. The van der Waals surface area contributed by atoms with Gasteiger partial charge in [0.25, 0.3) is 0 Å². The Morgan fingerprint density at radius 2 is 1.77 bits per heavy atom. The highest BCUT2D eigenvalue weighted by Crippen LogP contribution is 2.39. The summed E-state index contributed by atoms with van der Waals surface area (Å²) in [5.74, 6) is 0.704. The Morgan fingerprint density at radius 3 is 2.38 bits per heavy atom. The molecule has 3 N–H and O–H groups in total. The quantitative estimate of drug-likeness (QED) is 0.819. The van der Waals surface area contributed by atoms with Gasteiger partial charge in [-0.25, -0.2) is 0 Å². The molecule has 2 aliphatic rings. The first kappa shape index (κ1) is 19.4. The summed E-state index contributed by atoms with van der Waals surface area (Å²) in [6, 6.07) is 9.34. The van der Waals surface area contributed by atoms with Gasteiger partial charge in [0.05, 0.1) is 0 Å². The highest BCUT2D eigenvalue weighted by atomic mass is 16.2. The molecule has 0 bridgehead atoms. The van der Waals surface area contributed by atoms with E-state index in [0.29, 0.717) is 5.41 Å². The SMILES string of the molecule is CC(C)(CN1CCCC1)C1CCC(NC(=O)C(N)c2ccccc2)CC1. The molecule has 1 saturated carbocycles. The third-order valence-corrected chi connectivity index (χ3v) is 6.45. The van der Waals surface area contributed by atoms with E-state index in [9.17, 15) is 4.79 Å².